The Morgan fingerprint density at radius 2 is 1.85 bits per heavy atom. The average Bonchev–Trinajstić information content (AvgIpc) is 2.73. The zero-order valence-electron chi connectivity index (χ0n) is 16.7. The number of H-pyrrole nitrogens is 1. The average molecular weight is 369 g/mol. The number of carbonyl (C=O) groups is 1. The molecular weight excluding hydrogens is 336 g/mol. The van der Waals surface area contributed by atoms with E-state index < -0.39 is 0 Å². The molecule has 5 heteroatoms. The number of aromatic nitrogens is 1. The van der Waals surface area contributed by atoms with Crippen molar-refractivity contribution in [3.63, 3.8) is 0 Å². The number of benzene rings is 1. The Morgan fingerprint density at radius 1 is 1.15 bits per heavy atom. The summed E-state index contributed by atoms with van der Waals surface area (Å²) in [7, 11) is 0. The second-order valence-corrected chi connectivity index (χ2v) is 7.50. The lowest BCUT2D eigenvalue weighted by molar-refractivity contribution is -0.914. The molecule has 5 nitrogen and oxygen atoms in total. The third kappa shape index (κ3) is 4.66. The smallest absolute Gasteiger partial charge is 0.282 e. The van der Waals surface area contributed by atoms with Crippen LogP contribution in [0.15, 0.2) is 48.7 Å². The Labute approximate surface area is 162 Å². The normalized spacial score (nSPS) is 17.4. The number of aromatic amines is 1. The standard InChI is InChI=1S/C22H30N4O/c1-4-17(2)19-9-5-6-10-20(19)24-22(27)18(3)25-13-15-26(16-14-25)21-11-7-8-12-23-21/h5-12,17-18H,4,13-16H2,1-3H3,(H,24,27)/p+2/t17-,18+/m0/s1. The van der Waals surface area contributed by atoms with Crippen LogP contribution in [0.2, 0.25) is 0 Å². The molecule has 1 aromatic carbocycles. The third-order valence-electron chi connectivity index (χ3n) is 5.81. The Hall–Kier alpha value is -2.40. The number of hydrogen-bond donors (Lipinski definition) is 2. The number of piperazine rings is 1. The molecule has 1 amide bonds. The summed E-state index contributed by atoms with van der Waals surface area (Å²) in [6, 6.07) is 14.3. The Kier molecular flexibility index (Phi) is 6.45. The van der Waals surface area contributed by atoms with Gasteiger partial charge in [0.2, 0.25) is 0 Å². The summed E-state index contributed by atoms with van der Waals surface area (Å²) in [4.78, 5) is 19.9. The van der Waals surface area contributed by atoms with E-state index in [1.54, 1.807) is 0 Å². The number of nitrogens with zero attached hydrogens (tertiary/aromatic N) is 1. The van der Waals surface area contributed by atoms with Crippen molar-refractivity contribution in [2.45, 2.75) is 39.2 Å². The van der Waals surface area contributed by atoms with Crippen LogP contribution in [0.25, 0.3) is 0 Å². The van der Waals surface area contributed by atoms with Gasteiger partial charge < -0.3 is 10.2 Å². The number of hydrogen-bond acceptors (Lipinski definition) is 2. The van der Waals surface area contributed by atoms with E-state index in [-0.39, 0.29) is 11.9 Å². The molecular formula is C22H32N4O+2. The topological polar surface area (TPSA) is 50.9 Å². The van der Waals surface area contributed by atoms with E-state index >= 15 is 0 Å². The van der Waals surface area contributed by atoms with Crippen LogP contribution < -0.4 is 20.1 Å². The van der Waals surface area contributed by atoms with Gasteiger partial charge in [-0.3, -0.25) is 9.69 Å². The molecule has 144 valence electrons. The Bertz CT molecular complexity index is 741. The van der Waals surface area contributed by atoms with Crippen molar-refractivity contribution in [3.8, 4) is 0 Å². The number of quaternary nitrogens is 1. The zero-order valence-corrected chi connectivity index (χ0v) is 16.7. The summed E-state index contributed by atoms with van der Waals surface area (Å²) >= 11 is 0. The van der Waals surface area contributed by atoms with Crippen LogP contribution in [-0.4, -0.2) is 38.1 Å². The minimum Gasteiger partial charge on any atom is -0.321 e. The summed E-state index contributed by atoms with van der Waals surface area (Å²) in [6.45, 7) is 10.3. The molecule has 0 aliphatic carbocycles. The molecule has 1 saturated heterocycles. The first kappa shape index (κ1) is 19.4. The van der Waals surface area contributed by atoms with Gasteiger partial charge in [0.15, 0.2) is 6.04 Å². The predicted molar refractivity (Wildman–Crippen MR) is 109 cm³/mol. The zero-order chi connectivity index (χ0) is 19.2. The predicted octanol–water partition coefficient (Wildman–Crippen LogP) is 1.75. The maximum atomic E-state index is 12.9. The van der Waals surface area contributed by atoms with E-state index in [1.807, 2.05) is 37.4 Å². The largest absolute Gasteiger partial charge is 0.321 e. The van der Waals surface area contributed by atoms with E-state index in [0.717, 1.165) is 44.1 Å². The number of para-hydroxylation sites is 1. The quantitative estimate of drug-likeness (QED) is 0.816. The second kappa shape index (κ2) is 9.00. The van der Waals surface area contributed by atoms with Gasteiger partial charge in [-0.25, -0.2) is 4.98 Å². The third-order valence-corrected chi connectivity index (χ3v) is 5.81. The van der Waals surface area contributed by atoms with Crippen molar-refractivity contribution in [2.75, 3.05) is 36.4 Å². The van der Waals surface area contributed by atoms with Crippen LogP contribution in [-0.2, 0) is 4.79 Å². The number of amides is 1. The molecule has 0 saturated carbocycles. The van der Waals surface area contributed by atoms with Gasteiger partial charge in [-0.05, 0) is 37.0 Å². The highest BCUT2D eigenvalue weighted by Gasteiger charge is 2.32. The SMILES string of the molecule is CC[C@H](C)c1ccccc1NC(=O)[C@@H](C)[NH+]1CCN(c2cccc[nH+]2)CC1. The Balaban J connectivity index is 1.59. The highest BCUT2D eigenvalue weighted by atomic mass is 16.2. The minimum absolute atomic E-state index is 0.0584. The van der Waals surface area contributed by atoms with Crippen molar-refractivity contribution in [1.82, 2.24) is 0 Å². The second-order valence-electron chi connectivity index (χ2n) is 7.50. The number of rotatable bonds is 6. The highest BCUT2D eigenvalue weighted by molar-refractivity contribution is 5.94. The minimum atomic E-state index is -0.0584. The molecule has 0 unspecified atom stereocenters. The number of pyridine rings is 1. The summed E-state index contributed by atoms with van der Waals surface area (Å²) in [5, 5.41) is 3.19. The number of anilines is 2. The van der Waals surface area contributed by atoms with Gasteiger partial charge in [0.25, 0.3) is 11.7 Å². The molecule has 27 heavy (non-hydrogen) atoms. The lowest BCUT2D eigenvalue weighted by Gasteiger charge is -2.31. The number of carbonyl (C=O) groups excluding carboxylic acids is 1. The van der Waals surface area contributed by atoms with Crippen LogP contribution in [0.5, 0.6) is 0 Å². The molecule has 2 aromatic rings. The fraction of sp³-hybridized carbons (Fsp3) is 0.455. The first-order chi connectivity index (χ1) is 13.1. The van der Waals surface area contributed by atoms with E-state index in [0.29, 0.717) is 5.92 Å². The van der Waals surface area contributed by atoms with Gasteiger partial charge in [-0.15, -0.1) is 0 Å². The van der Waals surface area contributed by atoms with Crippen LogP contribution in [0.1, 0.15) is 38.7 Å². The fourth-order valence-electron chi connectivity index (χ4n) is 3.74. The van der Waals surface area contributed by atoms with Crippen LogP contribution in [0.4, 0.5) is 11.5 Å². The van der Waals surface area contributed by atoms with E-state index in [9.17, 15) is 4.79 Å². The van der Waals surface area contributed by atoms with Crippen LogP contribution in [0.3, 0.4) is 0 Å². The first-order valence-electron chi connectivity index (χ1n) is 10.1. The summed E-state index contributed by atoms with van der Waals surface area (Å²) < 4.78 is 0. The monoisotopic (exact) mass is 368 g/mol. The van der Waals surface area contributed by atoms with Gasteiger partial charge >= 0.3 is 0 Å². The maximum absolute atomic E-state index is 12.9. The molecule has 0 bridgehead atoms. The Morgan fingerprint density at radius 3 is 2.52 bits per heavy atom. The lowest BCUT2D eigenvalue weighted by atomic mass is 9.97. The molecule has 0 spiro atoms. The lowest BCUT2D eigenvalue weighted by Crippen LogP contribution is -3.19. The molecule has 3 N–H and O–H groups in total. The fourth-order valence-corrected chi connectivity index (χ4v) is 3.74. The summed E-state index contributed by atoms with van der Waals surface area (Å²) in [5.74, 6) is 1.70. The van der Waals surface area contributed by atoms with Crippen molar-refractivity contribution >= 4 is 17.4 Å². The van der Waals surface area contributed by atoms with Gasteiger partial charge in [-0.1, -0.05) is 38.1 Å². The van der Waals surface area contributed by atoms with Gasteiger partial charge in [-0.2, -0.15) is 0 Å². The van der Waals surface area contributed by atoms with Crippen molar-refractivity contribution in [1.29, 1.82) is 0 Å². The van der Waals surface area contributed by atoms with Crippen LogP contribution in [0, 0.1) is 0 Å². The first-order valence-corrected chi connectivity index (χ1v) is 10.1. The summed E-state index contributed by atoms with van der Waals surface area (Å²) in [5.41, 5.74) is 2.18. The van der Waals surface area contributed by atoms with Gasteiger partial charge in [0, 0.05) is 11.8 Å². The molecule has 3 rings (SSSR count). The van der Waals surface area contributed by atoms with E-state index in [1.165, 1.54) is 10.5 Å². The van der Waals surface area contributed by atoms with Crippen molar-refractivity contribution < 1.29 is 14.7 Å². The molecule has 0 radical (unpaired) electrons. The molecule has 2 atom stereocenters. The van der Waals surface area contributed by atoms with E-state index in [2.05, 4.69) is 47.2 Å². The van der Waals surface area contributed by atoms with E-state index in [4.69, 9.17) is 0 Å². The van der Waals surface area contributed by atoms with Crippen molar-refractivity contribution in [3.05, 3.63) is 54.2 Å². The molecule has 1 fully saturated rings. The molecule has 1 aromatic heterocycles. The molecule has 1 aliphatic rings. The maximum Gasteiger partial charge on any atom is 0.282 e. The molecule has 1 aliphatic heterocycles. The molecule has 2 heterocycles. The number of nitrogens with one attached hydrogen (secondary N) is 3. The highest BCUT2D eigenvalue weighted by Crippen LogP contribution is 2.26. The van der Waals surface area contributed by atoms with Crippen LogP contribution >= 0.6 is 0 Å². The van der Waals surface area contributed by atoms with Crippen molar-refractivity contribution in [2.24, 2.45) is 0 Å². The van der Waals surface area contributed by atoms with Gasteiger partial charge in [0.1, 0.15) is 26.2 Å². The summed E-state index contributed by atoms with van der Waals surface area (Å²) in [6.07, 6.45) is 3.02. The van der Waals surface area contributed by atoms with Gasteiger partial charge in [0.05, 0.1) is 6.20 Å².